The second kappa shape index (κ2) is 8.84. The molecule has 136 valence electrons. The number of hydrogen-bond acceptors (Lipinski definition) is 2. The molecule has 0 saturated carbocycles. The summed E-state index contributed by atoms with van der Waals surface area (Å²) in [7, 11) is -3.55. The second-order valence-electron chi connectivity index (χ2n) is 6.41. The Balaban J connectivity index is 2.25. The SMILES string of the molecule is CCCCN(CC(Cl)c1ccc(C)cc1)S(=O)(=O)c1ccc(C)cc1. The summed E-state index contributed by atoms with van der Waals surface area (Å²) >= 11 is 6.54. The van der Waals surface area contributed by atoms with Crippen molar-refractivity contribution >= 4 is 21.6 Å². The molecule has 0 amide bonds. The minimum Gasteiger partial charge on any atom is -0.207 e. The summed E-state index contributed by atoms with van der Waals surface area (Å²) in [4.78, 5) is 0.321. The van der Waals surface area contributed by atoms with E-state index in [1.54, 1.807) is 12.1 Å². The van der Waals surface area contributed by atoms with Crippen LogP contribution < -0.4 is 0 Å². The number of aryl methyl sites for hydroxylation is 2. The Hall–Kier alpha value is -1.36. The molecule has 2 aromatic rings. The van der Waals surface area contributed by atoms with Crippen LogP contribution in [0.3, 0.4) is 0 Å². The van der Waals surface area contributed by atoms with Gasteiger partial charge in [0.1, 0.15) is 0 Å². The molecule has 0 N–H and O–H groups in total. The molecule has 0 aliphatic heterocycles. The molecule has 3 nitrogen and oxygen atoms in total. The first-order valence-electron chi connectivity index (χ1n) is 8.62. The molecule has 0 radical (unpaired) electrons. The average Bonchev–Trinajstić information content (AvgIpc) is 2.59. The van der Waals surface area contributed by atoms with E-state index in [1.807, 2.05) is 50.2 Å². The third-order valence-electron chi connectivity index (χ3n) is 4.22. The fraction of sp³-hybridized carbons (Fsp3) is 0.400. The van der Waals surface area contributed by atoms with E-state index in [4.69, 9.17) is 11.6 Å². The minimum atomic E-state index is -3.55. The Morgan fingerprint density at radius 2 is 1.48 bits per heavy atom. The Bertz CT molecular complexity index is 770. The molecule has 2 rings (SSSR count). The number of hydrogen-bond donors (Lipinski definition) is 0. The quantitative estimate of drug-likeness (QED) is 0.600. The van der Waals surface area contributed by atoms with E-state index in [9.17, 15) is 8.42 Å². The maximum Gasteiger partial charge on any atom is 0.243 e. The van der Waals surface area contributed by atoms with Crippen molar-refractivity contribution in [2.75, 3.05) is 13.1 Å². The predicted octanol–water partition coefficient (Wildman–Crippen LogP) is 5.07. The first-order chi connectivity index (χ1) is 11.8. The van der Waals surface area contributed by atoms with Gasteiger partial charge in [0.15, 0.2) is 0 Å². The van der Waals surface area contributed by atoms with Gasteiger partial charge in [-0.3, -0.25) is 0 Å². The van der Waals surface area contributed by atoms with Crippen molar-refractivity contribution < 1.29 is 8.42 Å². The fourth-order valence-corrected chi connectivity index (χ4v) is 4.45. The largest absolute Gasteiger partial charge is 0.243 e. The van der Waals surface area contributed by atoms with Crippen LogP contribution in [0, 0.1) is 13.8 Å². The highest BCUT2D eigenvalue weighted by molar-refractivity contribution is 7.89. The lowest BCUT2D eigenvalue weighted by molar-refractivity contribution is 0.402. The van der Waals surface area contributed by atoms with Crippen LogP contribution >= 0.6 is 11.6 Å². The van der Waals surface area contributed by atoms with Crippen LogP contribution in [-0.2, 0) is 10.0 Å². The van der Waals surface area contributed by atoms with Gasteiger partial charge in [0, 0.05) is 13.1 Å². The zero-order chi connectivity index (χ0) is 18.4. The molecule has 0 aliphatic carbocycles. The van der Waals surface area contributed by atoms with Crippen molar-refractivity contribution in [1.82, 2.24) is 4.31 Å². The highest BCUT2D eigenvalue weighted by atomic mass is 35.5. The molecule has 0 aliphatic rings. The zero-order valence-corrected chi connectivity index (χ0v) is 16.6. The van der Waals surface area contributed by atoms with Gasteiger partial charge in [-0.25, -0.2) is 8.42 Å². The Morgan fingerprint density at radius 3 is 2.00 bits per heavy atom. The van der Waals surface area contributed by atoms with Crippen molar-refractivity contribution in [3.8, 4) is 0 Å². The van der Waals surface area contributed by atoms with E-state index >= 15 is 0 Å². The summed E-state index contributed by atoms with van der Waals surface area (Å²) in [6.07, 6.45) is 1.74. The molecule has 5 heteroatoms. The van der Waals surface area contributed by atoms with E-state index in [0.717, 1.165) is 29.5 Å². The molecular weight excluding hydrogens is 354 g/mol. The maximum atomic E-state index is 13.0. The first-order valence-corrected chi connectivity index (χ1v) is 10.5. The van der Waals surface area contributed by atoms with Crippen molar-refractivity contribution in [3.05, 3.63) is 65.2 Å². The smallest absolute Gasteiger partial charge is 0.207 e. The molecule has 0 aromatic heterocycles. The molecule has 2 aromatic carbocycles. The Morgan fingerprint density at radius 1 is 0.960 bits per heavy atom. The van der Waals surface area contributed by atoms with Crippen LogP contribution in [0.1, 0.15) is 41.8 Å². The summed E-state index contributed by atoms with van der Waals surface area (Å²) in [6, 6.07) is 14.9. The number of benzene rings is 2. The maximum absolute atomic E-state index is 13.0. The van der Waals surface area contributed by atoms with Gasteiger partial charge in [-0.1, -0.05) is 60.9 Å². The number of rotatable bonds is 8. The number of alkyl halides is 1. The van der Waals surface area contributed by atoms with Gasteiger partial charge in [-0.15, -0.1) is 11.6 Å². The van der Waals surface area contributed by atoms with Crippen LogP contribution in [-0.4, -0.2) is 25.8 Å². The van der Waals surface area contributed by atoms with Crippen LogP contribution in [0.15, 0.2) is 53.4 Å². The van der Waals surface area contributed by atoms with Crippen molar-refractivity contribution in [3.63, 3.8) is 0 Å². The Kier molecular flexibility index (Phi) is 7.05. The normalized spacial score (nSPS) is 13.2. The number of sulfonamides is 1. The molecule has 1 atom stereocenters. The van der Waals surface area contributed by atoms with Crippen LogP contribution in [0.2, 0.25) is 0 Å². The van der Waals surface area contributed by atoms with Crippen molar-refractivity contribution in [2.45, 2.75) is 43.9 Å². The summed E-state index contributed by atoms with van der Waals surface area (Å²) in [6.45, 7) is 6.75. The van der Waals surface area contributed by atoms with Gasteiger partial charge in [0.25, 0.3) is 0 Å². The predicted molar refractivity (Wildman–Crippen MR) is 105 cm³/mol. The molecule has 0 heterocycles. The third-order valence-corrected chi connectivity index (χ3v) is 6.49. The zero-order valence-electron chi connectivity index (χ0n) is 15.1. The highest BCUT2D eigenvalue weighted by Crippen LogP contribution is 2.26. The van der Waals surface area contributed by atoms with E-state index in [2.05, 4.69) is 6.92 Å². The number of halogens is 1. The van der Waals surface area contributed by atoms with E-state index in [1.165, 1.54) is 4.31 Å². The van der Waals surface area contributed by atoms with E-state index in [0.29, 0.717) is 11.4 Å². The number of nitrogens with zero attached hydrogens (tertiary/aromatic N) is 1. The van der Waals surface area contributed by atoms with Crippen LogP contribution in [0.25, 0.3) is 0 Å². The third kappa shape index (κ3) is 5.30. The molecule has 0 fully saturated rings. The monoisotopic (exact) mass is 379 g/mol. The van der Waals surface area contributed by atoms with Crippen molar-refractivity contribution in [1.29, 1.82) is 0 Å². The summed E-state index contributed by atoms with van der Waals surface area (Å²) in [5.74, 6) is 0. The minimum absolute atomic E-state index is 0.265. The first kappa shape index (κ1) is 20.0. The van der Waals surface area contributed by atoms with Crippen LogP contribution in [0.4, 0.5) is 0 Å². The van der Waals surface area contributed by atoms with E-state index < -0.39 is 10.0 Å². The van der Waals surface area contributed by atoms with Gasteiger partial charge in [0.05, 0.1) is 10.3 Å². The summed E-state index contributed by atoms with van der Waals surface area (Å²) < 4.78 is 27.6. The van der Waals surface area contributed by atoms with Crippen molar-refractivity contribution in [2.24, 2.45) is 0 Å². The molecule has 0 spiro atoms. The molecule has 1 unspecified atom stereocenters. The standard InChI is InChI=1S/C20H26ClNO2S/c1-4-5-14-22(15-20(21)18-10-6-16(2)7-11-18)25(23,24)19-12-8-17(3)9-13-19/h6-13,20H,4-5,14-15H2,1-3H3. The molecule has 25 heavy (non-hydrogen) atoms. The molecule has 0 bridgehead atoms. The molecular formula is C20H26ClNO2S. The highest BCUT2D eigenvalue weighted by Gasteiger charge is 2.26. The fourth-order valence-electron chi connectivity index (χ4n) is 2.56. The second-order valence-corrected chi connectivity index (χ2v) is 8.87. The lowest BCUT2D eigenvalue weighted by atomic mass is 10.1. The average molecular weight is 380 g/mol. The molecule has 0 saturated heterocycles. The topological polar surface area (TPSA) is 37.4 Å². The van der Waals surface area contributed by atoms with E-state index in [-0.39, 0.29) is 11.9 Å². The summed E-state index contributed by atoms with van der Waals surface area (Å²) in [5, 5.41) is -0.377. The van der Waals surface area contributed by atoms with Gasteiger partial charge in [-0.2, -0.15) is 4.31 Å². The Labute approximate surface area is 156 Å². The lowest BCUT2D eigenvalue weighted by Gasteiger charge is -2.24. The summed E-state index contributed by atoms with van der Waals surface area (Å²) in [5.41, 5.74) is 3.13. The van der Waals surface area contributed by atoms with Gasteiger partial charge >= 0.3 is 0 Å². The van der Waals surface area contributed by atoms with Crippen LogP contribution in [0.5, 0.6) is 0 Å². The lowest BCUT2D eigenvalue weighted by Crippen LogP contribution is -2.34. The van der Waals surface area contributed by atoms with Gasteiger partial charge in [-0.05, 0) is 38.0 Å². The van der Waals surface area contributed by atoms with Gasteiger partial charge in [0.2, 0.25) is 10.0 Å². The van der Waals surface area contributed by atoms with Gasteiger partial charge < -0.3 is 0 Å². The number of unbranched alkanes of at least 4 members (excludes halogenated alkanes) is 1.